The summed E-state index contributed by atoms with van der Waals surface area (Å²) >= 11 is 0. The first-order valence-corrected chi connectivity index (χ1v) is 10.1. The molecule has 3 rings (SSSR count). The second-order valence-electron chi connectivity index (χ2n) is 7.65. The fourth-order valence-electron chi connectivity index (χ4n) is 4.14. The van der Waals surface area contributed by atoms with Crippen LogP contribution in [0.2, 0.25) is 0 Å². The minimum absolute atomic E-state index is 0.201. The van der Waals surface area contributed by atoms with Crippen molar-refractivity contribution in [2.45, 2.75) is 30.9 Å². The standard InChI is InChI=1S/C24H27NO6/c1-29-22(27)18-13-24(14-18,19-11-7-4-8-12-19)21(23(28)30-2)25-20(26)16-31-15-17-9-5-3-6-10-17/h3-12,18,21H,13-16H2,1-2H3,(H,25,26). The average molecular weight is 425 g/mol. The van der Waals surface area contributed by atoms with Gasteiger partial charge in [0.25, 0.3) is 0 Å². The number of hydrogen-bond acceptors (Lipinski definition) is 6. The van der Waals surface area contributed by atoms with Gasteiger partial charge in [0, 0.05) is 5.41 Å². The molecule has 0 aromatic heterocycles. The number of esters is 2. The lowest BCUT2D eigenvalue weighted by Crippen LogP contribution is -2.62. The first-order valence-electron chi connectivity index (χ1n) is 10.1. The minimum atomic E-state index is -0.950. The molecule has 1 amide bonds. The normalized spacial score (nSPS) is 20.8. The number of rotatable bonds is 9. The molecule has 0 spiro atoms. The molecule has 0 bridgehead atoms. The smallest absolute Gasteiger partial charge is 0.329 e. The van der Waals surface area contributed by atoms with Crippen LogP contribution in [-0.4, -0.2) is 44.7 Å². The molecule has 1 atom stereocenters. The summed E-state index contributed by atoms with van der Waals surface area (Å²) in [6, 6.07) is 17.9. The summed E-state index contributed by atoms with van der Waals surface area (Å²) in [4.78, 5) is 37.4. The minimum Gasteiger partial charge on any atom is -0.469 e. The van der Waals surface area contributed by atoms with E-state index in [0.717, 1.165) is 11.1 Å². The van der Waals surface area contributed by atoms with Crippen molar-refractivity contribution in [3.05, 3.63) is 71.8 Å². The molecule has 7 nitrogen and oxygen atoms in total. The zero-order valence-electron chi connectivity index (χ0n) is 17.7. The van der Waals surface area contributed by atoms with E-state index in [-0.39, 0.29) is 25.1 Å². The second kappa shape index (κ2) is 10.2. The molecule has 0 heterocycles. The molecule has 0 saturated heterocycles. The Labute approximate surface area is 181 Å². The molecular formula is C24H27NO6. The predicted molar refractivity (Wildman–Crippen MR) is 113 cm³/mol. The van der Waals surface area contributed by atoms with Crippen LogP contribution < -0.4 is 5.32 Å². The molecule has 164 valence electrons. The monoisotopic (exact) mass is 425 g/mol. The number of nitrogens with one attached hydrogen (secondary N) is 1. The third kappa shape index (κ3) is 5.11. The fraction of sp³-hybridized carbons (Fsp3) is 0.375. The summed E-state index contributed by atoms with van der Waals surface area (Å²) < 4.78 is 15.4. The quantitative estimate of drug-likeness (QED) is 0.621. The predicted octanol–water partition coefficient (Wildman–Crippen LogP) is 2.38. The third-order valence-electron chi connectivity index (χ3n) is 5.74. The van der Waals surface area contributed by atoms with Gasteiger partial charge in [-0.3, -0.25) is 9.59 Å². The molecule has 2 aromatic rings. The summed E-state index contributed by atoms with van der Waals surface area (Å²) in [5.74, 6) is -1.66. The van der Waals surface area contributed by atoms with Gasteiger partial charge in [0.2, 0.25) is 5.91 Å². The van der Waals surface area contributed by atoms with E-state index in [1.165, 1.54) is 14.2 Å². The van der Waals surface area contributed by atoms with Gasteiger partial charge in [-0.25, -0.2) is 4.79 Å². The van der Waals surface area contributed by atoms with Gasteiger partial charge in [-0.1, -0.05) is 60.7 Å². The number of ether oxygens (including phenoxy) is 3. The van der Waals surface area contributed by atoms with Gasteiger partial charge < -0.3 is 19.5 Å². The summed E-state index contributed by atoms with van der Waals surface area (Å²) in [7, 11) is 2.62. The van der Waals surface area contributed by atoms with E-state index in [2.05, 4.69) is 5.32 Å². The van der Waals surface area contributed by atoms with E-state index in [0.29, 0.717) is 12.8 Å². The van der Waals surface area contributed by atoms with Crippen molar-refractivity contribution >= 4 is 17.8 Å². The Morgan fingerprint density at radius 1 is 0.968 bits per heavy atom. The lowest BCUT2D eigenvalue weighted by atomic mass is 9.55. The third-order valence-corrected chi connectivity index (χ3v) is 5.74. The number of benzene rings is 2. The highest BCUT2D eigenvalue weighted by molar-refractivity contribution is 5.87. The van der Waals surface area contributed by atoms with Crippen LogP contribution in [0.15, 0.2) is 60.7 Å². The Kier molecular flexibility index (Phi) is 7.41. The molecule has 1 unspecified atom stereocenters. The molecule has 0 radical (unpaired) electrons. The second-order valence-corrected chi connectivity index (χ2v) is 7.65. The van der Waals surface area contributed by atoms with Gasteiger partial charge in [0.1, 0.15) is 12.6 Å². The lowest BCUT2D eigenvalue weighted by Gasteiger charge is -2.50. The zero-order valence-corrected chi connectivity index (χ0v) is 17.7. The van der Waals surface area contributed by atoms with Crippen LogP contribution >= 0.6 is 0 Å². The Morgan fingerprint density at radius 2 is 1.58 bits per heavy atom. The van der Waals surface area contributed by atoms with Crippen molar-refractivity contribution in [3.8, 4) is 0 Å². The van der Waals surface area contributed by atoms with Crippen molar-refractivity contribution in [2.24, 2.45) is 5.92 Å². The molecule has 1 aliphatic rings. The number of amides is 1. The largest absolute Gasteiger partial charge is 0.469 e. The van der Waals surface area contributed by atoms with Crippen LogP contribution in [0.5, 0.6) is 0 Å². The summed E-state index contributed by atoms with van der Waals surface area (Å²) in [5, 5.41) is 2.78. The topological polar surface area (TPSA) is 90.9 Å². The van der Waals surface area contributed by atoms with Gasteiger partial charge in [-0.05, 0) is 24.0 Å². The first kappa shape index (κ1) is 22.5. The van der Waals surface area contributed by atoms with Crippen LogP contribution in [0.25, 0.3) is 0 Å². The fourth-order valence-corrected chi connectivity index (χ4v) is 4.14. The van der Waals surface area contributed by atoms with Gasteiger partial charge in [0.15, 0.2) is 0 Å². The molecule has 2 aromatic carbocycles. The van der Waals surface area contributed by atoms with E-state index < -0.39 is 23.3 Å². The molecule has 0 aliphatic heterocycles. The Morgan fingerprint density at radius 3 is 2.16 bits per heavy atom. The van der Waals surface area contributed by atoms with E-state index in [1.54, 1.807) is 0 Å². The highest BCUT2D eigenvalue weighted by atomic mass is 16.5. The van der Waals surface area contributed by atoms with Crippen molar-refractivity contribution in [1.29, 1.82) is 0 Å². The van der Waals surface area contributed by atoms with Crippen molar-refractivity contribution in [3.63, 3.8) is 0 Å². The number of hydrogen-bond donors (Lipinski definition) is 1. The van der Waals surface area contributed by atoms with E-state index in [4.69, 9.17) is 14.2 Å². The van der Waals surface area contributed by atoms with Gasteiger partial charge in [-0.2, -0.15) is 0 Å². The highest BCUT2D eigenvalue weighted by Gasteiger charge is 2.56. The van der Waals surface area contributed by atoms with E-state index >= 15 is 0 Å². The average Bonchev–Trinajstić information content (AvgIpc) is 2.78. The summed E-state index contributed by atoms with van der Waals surface area (Å²) in [5.41, 5.74) is 1.04. The molecule has 7 heteroatoms. The Balaban J connectivity index is 1.74. The Hall–Kier alpha value is -3.19. The van der Waals surface area contributed by atoms with Crippen molar-refractivity contribution < 1.29 is 28.6 Å². The summed E-state index contributed by atoms with van der Waals surface area (Å²) in [6.45, 7) is 0.0824. The molecule has 31 heavy (non-hydrogen) atoms. The van der Waals surface area contributed by atoms with E-state index in [1.807, 2.05) is 60.7 Å². The van der Waals surface area contributed by atoms with Crippen LogP contribution in [0.3, 0.4) is 0 Å². The maximum absolute atomic E-state index is 12.7. The Bertz CT molecular complexity index is 893. The van der Waals surface area contributed by atoms with Gasteiger partial charge in [-0.15, -0.1) is 0 Å². The lowest BCUT2D eigenvalue weighted by molar-refractivity contribution is -0.158. The number of carbonyl (C=O) groups excluding carboxylic acids is 3. The van der Waals surface area contributed by atoms with Crippen molar-refractivity contribution in [1.82, 2.24) is 5.32 Å². The zero-order chi connectivity index (χ0) is 22.3. The SMILES string of the molecule is COC(=O)C1CC(c2ccccc2)(C(NC(=O)COCc2ccccc2)C(=O)OC)C1. The van der Waals surface area contributed by atoms with E-state index in [9.17, 15) is 14.4 Å². The van der Waals surface area contributed by atoms with Crippen LogP contribution in [0.1, 0.15) is 24.0 Å². The molecule has 1 aliphatic carbocycles. The number of carbonyl (C=O) groups is 3. The van der Waals surface area contributed by atoms with Crippen LogP contribution in [0, 0.1) is 5.92 Å². The number of methoxy groups -OCH3 is 2. The maximum atomic E-state index is 12.7. The summed E-state index contributed by atoms with van der Waals surface area (Å²) in [6.07, 6.45) is 0.739. The molecule has 1 N–H and O–H groups in total. The molecule has 1 fully saturated rings. The first-order chi connectivity index (χ1) is 15.0. The van der Waals surface area contributed by atoms with Crippen LogP contribution in [0.4, 0.5) is 0 Å². The highest BCUT2D eigenvalue weighted by Crippen LogP contribution is 2.51. The van der Waals surface area contributed by atoms with Gasteiger partial charge in [0.05, 0.1) is 26.7 Å². The molecule has 1 saturated carbocycles. The molecular weight excluding hydrogens is 398 g/mol. The van der Waals surface area contributed by atoms with Gasteiger partial charge >= 0.3 is 11.9 Å². The maximum Gasteiger partial charge on any atom is 0.329 e. The van der Waals surface area contributed by atoms with Crippen LogP contribution in [-0.2, 0) is 40.6 Å². The van der Waals surface area contributed by atoms with Crippen molar-refractivity contribution in [2.75, 3.05) is 20.8 Å².